The third-order valence-electron chi connectivity index (χ3n) is 3.13. The van der Waals surface area contributed by atoms with E-state index in [1.807, 2.05) is 0 Å². The van der Waals surface area contributed by atoms with E-state index in [0.717, 1.165) is 6.07 Å². The molecule has 0 N–H and O–H groups in total. The van der Waals surface area contributed by atoms with E-state index in [2.05, 4.69) is 0 Å². The number of halogens is 4. The van der Waals surface area contributed by atoms with E-state index in [4.69, 9.17) is 16.3 Å². The van der Waals surface area contributed by atoms with Gasteiger partial charge in [-0.3, -0.25) is 4.79 Å². The van der Waals surface area contributed by atoms with Crippen LogP contribution >= 0.6 is 11.6 Å². The molecule has 7 heteroatoms. The second kappa shape index (κ2) is 6.01. The number of nitrogens with zero attached hydrogens (tertiary/aromatic N) is 1. The number of carbonyl (C=O) groups excluding carboxylic acids is 1. The predicted molar refractivity (Wildman–Crippen MR) is 67.8 cm³/mol. The maximum absolute atomic E-state index is 12.9. The second-order valence-corrected chi connectivity index (χ2v) is 4.73. The first kappa shape index (κ1) is 15.1. The Morgan fingerprint density at radius 2 is 2.10 bits per heavy atom. The molecule has 20 heavy (non-hydrogen) atoms. The van der Waals surface area contributed by atoms with Crippen molar-refractivity contribution in [3.63, 3.8) is 0 Å². The van der Waals surface area contributed by atoms with Crippen LogP contribution in [0.2, 0.25) is 0 Å². The molecule has 1 fully saturated rings. The summed E-state index contributed by atoms with van der Waals surface area (Å²) in [5.41, 5.74) is -1.28. The fourth-order valence-electron chi connectivity index (χ4n) is 2.12. The lowest BCUT2D eigenvalue weighted by atomic mass is 10.0. The largest absolute Gasteiger partial charge is 0.417 e. The van der Waals surface area contributed by atoms with Crippen molar-refractivity contribution in [2.75, 3.05) is 25.6 Å². The van der Waals surface area contributed by atoms with Crippen LogP contribution in [0.25, 0.3) is 0 Å². The van der Waals surface area contributed by atoms with E-state index in [-0.39, 0.29) is 24.6 Å². The molecule has 1 aliphatic heterocycles. The van der Waals surface area contributed by atoms with Gasteiger partial charge in [-0.15, -0.1) is 11.6 Å². The van der Waals surface area contributed by atoms with E-state index in [1.165, 1.54) is 23.1 Å². The molecule has 1 amide bonds. The molecule has 0 saturated carbocycles. The molecule has 1 aromatic carbocycles. The van der Waals surface area contributed by atoms with Gasteiger partial charge in [0, 0.05) is 12.4 Å². The molecule has 0 aliphatic carbocycles. The van der Waals surface area contributed by atoms with Crippen molar-refractivity contribution in [3.8, 4) is 0 Å². The van der Waals surface area contributed by atoms with Gasteiger partial charge in [0.2, 0.25) is 0 Å². The molecule has 1 saturated heterocycles. The van der Waals surface area contributed by atoms with Crippen LogP contribution in [0.1, 0.15) is 15.9 Å². The summed E-state index contributed by atoms with van der Waals surface area (Å²) < 4.78 is 44.0. The summed E-state index contributed by atoms with van der Waals surface area (Å²) in [5.74, 6) is -0.535. The van der Waals surface area contributed by atoms with Crippen LogP contribution < -0.4 is 0 Å². The van der Waals surface area contributed by atoms with Crippen molar-refractivity contribution in [1.29, 1.82) is 0 Å². The molecule has 1 atom stereocenters. The summed E-state index contributed by atoms with van der Waals surface area (Å²) in [5, 5.41) is 0. The van der Waals surface area contributed by atoms with Crippen LogP contribution in [-0.4, -0.2) is 42.5 Å². The number of ether oxygens (including phenoxy) is 1. The third kappa shape index (κ3) is 3.07. The molecule has 0 bridgehead atoms. The Balaban J connectivity index is 2.33. The number of rotatable bonds is 2. The first-order valence-electron chi connectivity index (χ1n) is 6.06. The predicted octanol–water partition coefficient (Wildman–Crippen LogP) is 2.79. The standard InChI is InChI=1S/C13H13ClF3NO2/c14-7-9-8-20-6-5-18(9)12(19)10-3-1-2-4-11(10)13(15,16)17/h1-4,9H,5-8H2. The molecule has 3 nitrogen and oxygen atoms in total. The minimum atomic E-state index is -4.56. The zero-order chi connectivity index (χ0) is 14.8. The van der Waals surface area contributed by atoms with Gasteiger partial charge in [-0.1, -0.05) is 12.1 Å². The molecular formula is C13H13ClF3NO2. The Bertz CT molecular complexity index is 493. The number of hydrogen-bond donors (Lipinski definition) is 0. The smallest absolute Gasteiger partial charge is 0.377 e. The maximum Gasteiger partial charge on any atom is 0.417 e. The normalized spacial score (nSPS) is 20.0. The number of alkyl halides is 4. The third-order valence-corrected chi connectivity index (χ3v) is 3.49. The summed E-state index contributed by atoms with van der Waals surface area (Å²) in [4.78, 5) is 13.7. The Kier molecular flexibility index (Phi) is 4.55. The van der Waals surface area contributed by atoms with Gasteiger partial charge in [-0.2, -0.15) is 13.2 Å². The van der Waals surface area contributed by atoms with Crippen molar-refractivity contribution in [2.24, 2.45) is 0 Å². The lowest BCUT2D eigenvalue weighted by Gasteiger charge is -2.35. The van der Waals surface area contributed by atoms with Crippen molar-refractivity contribution >= 4 is 17.5 Å². The summed E-state index contributed by atoms with van der Waals surface area (Å²) >= 11 is 5.74. The van der Waals surface area contributed by atoms with Gasteiger partial charge in [0.1, 0.15) is 0 Å². The first-order valence-corrected chi connectivity index (χ1v) is 6.59. The Morgan fingerprint density at radius 1 is 1.40 bits per heavy atom. The molecule has 2 rings (SSSR count). The second-order valence-electron chi connectivity index (χ2n) is 4.42. The van der Waals surface area contributed by atoms with Gasteiger partial charge in [-0.05, 0) is 12.1 Å². The summed E-state index contributed by atoms with van der Waals surface area (Å²) in [6.07, 6.45) is -4.56. The van der Waals surface area contributed by atoms with E-state index in [9.17, 15) is 18.0 Å². The van der Waals surface area contributed by atoms with Gasteiger partial charge in [0.25, 0.3) is 5.91 Å². The van der Waals surface area contributed by atoms with Crippen LogP contribution in [0.5, 0.6) is 0 Å². The number of benzene rings is 1. The molecule has 0 radical (unpaired) electrons. The van der Waals surface area contributed by atoms with Gasteiger partial charge < -0.3 is 9.64 Å². The van der Waals surface area contributed by atoms with E-state index < -0.39 is 23.7 Å². The van der Waals surface area contributed by atoms with Crippen molar-refractivity contribution in [3.05, 3.63) is 35.4 Å². The van der Waals surface area contributed by atoms with Crippen LogP contribution in [0.3, 0.4) is 0 Å². The molecule has 0 aromatic heterocycles. The number of amides is 1. The highest BCUT2D eigenvalue weighted by atomic mass is 35.5. The molecule has 1 aliphatic rings. The van der Waals surface area contributed by atoms with E-state index >= 15 is 0 Å². The molecule has 1 heterocycles. The monoisotopic (exact) mass is 307 g/mol. The van der Waals surface area contributed by atoms with Gasteiger partial charge in [-0.25, -0.2) is 0 Å². The molecule has 0 spiro atoms. The number of morpholine rings is 1. The number of carbonyl (C=O) groups is 1. The highest BCUT2D eigenvalue weighted by molar-refractivity contribution is 6.18. The van der Waals surface area contributed by atoms with Crippen molar-refractivity contribution in [2.45, 2.75) is 12.2 Å². The van der Waals surface area contributed by atoms with Crippen LogP contribution in [-0.2, 0) is 10.9 Å². The highest BCUT2D eigenvalue weighted by Crippen LogP contribution is 2.32. The van der Waals surface area contributed by atoms with Crippen LogP contribution in [0.4, 0.5) is 13.2 Å². The van der Waals surface area contributed by atoms with Crippen molar-refractivity contribution in [1.82, 2.24) is 4.90 Å². The van der Waals surface area contributed by atoms with Gasteiger partial charge >= 0.3 is 6.18 Å². The summed E-state index contributed by atoms with van der Waals surface area (Å²) in [6, 6.07) is 4.37. The molecule has 1 aromatic rings. The Labute approximate surface area is 119 Å². The first-order chi connectivity index (χ1) is 9.45. The maximum atomic E-state index is 12.9. The SMILES string of the molecule is O=C(c1ccccc1C(F)(F)F)N1CCOCC1CCl. The topological polar surface area (TPSA) is 29.5 Å². The van der Waals surface area contributed by atoms with E-state index in [0.29, 0.717) is 6.61 Å². The Morgan fingerprint density at radius 3 is 2.75 bits per heavy atom. The zero-order valence-electron chi connectivity index (χ0n) is 10.5. The van der Waals surface area contributed by atoms with Crippen LogP contribution in [0, 0.1) is 0 Å². The summed E-state index contributed by atoms with van der Waals surface area (Å²) in [6.45, 7) is 0.777. The molecular weight excluding hydrogens is 295 g/mol. The van der Waals surface area contributed by atoms with Gasteiger partial charge in [0.15, 0.2) is 0 Å². The molecule has 110 valence electrons. The minimum absolute atomic E-state index is 0.125. The summed E-state index contributed by atoms with van der Waals surface area (Å²) in [7, 11) is 0. The number of hydrogen-bond acceptors (Lipinski definition) is 2. The fourth-order valence-corrected chi connectivity index (χ4v) is 2.38. The van der Waals surface area contributed by atoms with Crippen molar-refractivity contribution < 1.29 is 22.7 Å². The Hall–Kier alpha value is -1.27. The average molecular weight is 308 g/mol. The van der Waals surface area contributed by atoms with Crippen LogP contribution in [0.15, 0.2) is 24.3 Å². The zero-order valence-corrected chi connectivity index (χ0v) is 11.2. The lowest BCUT2D eigenvalue weighted by Crippen LogP contribution is -2.50. The van der Waals surface area contributed by atoms with E-state index in [1.54, 1.807) is 0 Å². The lowest BCUT2D eigenvalue weighted by molar-refractivity contribution is -0.138. The minimum Gasteiger partial charge on any atom is -0.377 e. The fraction of sp³-hybridized carbons (Fsp3) is 0.462. The van der Waals surface area contributed by atoms with Gasteiger partial charge in [0.05, 0.1) is 30.4 Å². The quantitative estimate of drug-likeness (QED) is 0.786. The highest BCUT2D eigenvalue weighted by Gasteiger charge is 2.37. The molecule has 1 unspecified atom stereocenters. The average Bonchev–Trinajstić information content (AvgIpc) is 2.45.